The molecule has 1 aliphatic carbocycles. The van der Waals surface area contributed by atoms with Crippen LogP contribution in [0.1, 0.15) is 55.6 Å². The summed E-state index contributed by atoms with van der Waals surface area (Å²) in [4.78, 5) is 2.53. The van der Waals surface area contributed by atoms with E-state index in [2.05, 4.69) is 53.7 Å². The second kappa shape index (κ2) is 12.8. The zero-order valence-electron chi connectivity index (χ0n) is 19.0. The predicted octanol–water partition coefficient (Wildman–Crippen LogP) is 5.18. The maximum Gasteiger partial charge on any atom is 0.119 e. The van der Waals surface area contributed by atoms with E-state index in [0.29, 0.717) is 12.6 Å². The fourth-order valence-corrected chi connectivity index (χ4v) is 5.13. The molecule has 4 nitrogen and oxygen atoms in total. The molecule has 2 N–H and O–H groups in total. The van der Waals surface area contributed by atoms with Gasteiger partial charge < -0.3 is 20.1 Å². The van der Waals surface area contributed by atoms with Gasteiger partial charge in [0.2, 0.25) is 0 Å². The maximum atomic E-state index is 11.6. The molecule has 1 heterocycles. The maximum absolute atomic E-state index is 11.6. The second-order valence-corrected chi connectivity index (χ2v) is 9.09. The Labute approximate surface area is 205 Å². The van der Waals surface area contributed by atoms with Crippen LogP contribution in [-0.2, 0) is 6.61 Å². The van der Waals surface area contributed by atoms with Crippen LogP contribution in [0.5, 0.6) is 5.75 Å². The number of rotatable bonds is 8. The highest BCUT2D eigenvalue weighted by Gasteiger charge is 2.40. The lowest BCUT2D eigenvalue weighted by Crippen LogP contribution is -2.44. The van der Waals surface area contributed by atoms with Gasteiger partial charge in [0.25, 0.3) is 0 Å². The predicted molar refractivity (Wildman–Crippen MR) is 136 cm³/mol. The van der Waals surface area contributed by atoms with Crippen molar-refractivity contribution in [1.29, 1.82) is 0 Å². The number of likely N-dealkylation sites (tertiary alicyclic amines) is 1. The molecule has 32 heavy (non-hydrogen) atoms. The lowest BCUT2D eigenvalue weighted by atomic mass is 9.72. The normalized spacial score (nSPS) is 21.2. The third-order valence-electron chi connectivity index (χ3n) is 7.02. The highest BCUT2D eigenvalue weighted by molar-refractivity contribution is 5.85. The van der Waals surface area contributed by atoms with Crippen molar-refractivity contribution < 1.29 is 9.84 Å². The Bertz CT molecular complexity index is 782. The molecule has 178 valence electrons. The SMILES string of the molecule is CN[C@@H]1CCN(CC(c2ccc(OCc3ccccc3)cc2)C2(O)CCCCC2)C1.Cl.Cl. The van der Waals surface area contributed by atoms with Gasteiger partial charge in [-0.25, -0.2) is 0 Å². The van der Waals surface area contributed by atoms with Crippen molar-refractivity contribution in [2.24, 2.45) is 0 Å². The number of benzene rings is 2. The first kappa shape index (κ1) is 26.9. The zero-order chi connectivity index (χ0) is 20.8. The molecule has 4 rings (SSSR count). The van der Waals surface area contributed by atoms with E-state index in [1.165, 1.54) is 24.0 Å². The van der Waals surface area contributed by atoms with Crippen LogP contribution in [0.3, 0.4) is 0 Å². The van der Waals surface area contributed by atoms with E-state index in [9.17, 15) is 5.11 Å². The molecule has 2 aromatic carbocycles. The van der Waals surface area contributed by atoms with Crippen molar-refractivity contribution in [3.8, 4) is 5.75 Å². The van der Waals surface area contributed by atoms with Crippen molar-refractivity contribution in [2.75, 3.05) is 26.7 Å². The number of hydrogen-bond donors (Lipinski definition) is 2. The third-order valence-corrected chi connectivity index (χ3v) is 7.02. The van der Waals surface area contributed by atoms with Crippen LogP contribution in [-0.4, -0.2) is 48.3 Å². The molecule has 6 heteroatoms. The van der Waals surface area contributed by atoms with Crippen LogP contribution in [0.4, 0.5) is 0 Å². The lowest BCUT2D eigenvalue weighted by Gasteiger charge is -2.41. The summed E-state index contributed by atoms with van der Waals surface area (Å²) in [6, 6.07) is 19.3. The van der Waals surface area contributed by atoms with Crippen molar-refractivity contribution in [2.45, 2.75) is 62.7 Å². The minimum atomic E-state index is -0.595. The Kier molecular flexibility index (Phi) is 10.8. The zero-order valence-corrected chi connectivity index (χ0v) is 20.7. The van der Waals surface area contributed by atoms with Gasteiger partial charge in [0.1, 0.15) is 12.4 Å². The first-order valence-corrected chi connectivity index (χ1v) is 11.5. The molecule has 1 saturated carbocycles. The molecule has 1 unspecified atom stereocenters. The molecule has 0 spiro atoms. The van der Waals surface area contributed by atoms with Crippen LogP contribution >= 0.6 is 24.8 Å². The van der Waals surface area contributed by atoms with Crippen molar-refractivity contribution >= 4 is 24.8 Å². The number of nitrogens with zero attached hydrogens (tertiary/aromatic N) is 1. The van der Waals surface area contributed by atoms with Crippen LogP contribution < -0.4 is 10.1 Å². The summed E-state index contributed by atoms with van der Waals surface area (Å²) in [6.45, 7) is 3.68. The van der Waals surface area contributed by atoms with E-state index >= 15 is 0 Å². The minimum absolute atomic E-state index is 0. The van der Waals surface area contributed by atoms with E-state index in [-0.39, 0.29) is 30.7 Å². The Morgan fingerprint density at radius 3 is 2.34 bits per heavy atom. The lowest BCUT2D eigenvalue weighted by molar-refractivity contribution is -0.0295. The number of halogens is 2. The minimum Gasteiger partial charge on any atom is -0.489 e. The molecule has 2 aliphatic rings. The van der Waals surface area contributed by atoms with E-state index < -0.39 is 5.60 Å². The molecule has 2 fully saturated rings. The monoisotopic (exact) mass is 480 g/mol. The highest BCUT2D eigenvalue weighted by atomic mass is 35.5. The first-order chi connectivity index (χ1) is 14.7. The third kappa shape index (κ3) is 6.85. The van der Waals surface area contributed by atoms with Gasteiger partial charge in [-0.05, 0) is 56.1 Å². The summed E-state index contributed by atoms with van der Waals surface area (Å²) >= 11 is 0. The summed E-state index contributed by atoms with van der Waals surface area (Å²) in [6.07, 6.45) is 6.51. The number of nitrogens with one attached hydrogen (secondary N) is 1. The standard InChI is InChI=1S/C26H36N2O2.2ClH/c1-27-23-14-17-28(18-23)19-25(26(29)15-6-3-7-16-26)22-10-12-24(13-11-22)30-20-21-8-4-2-5-9-21;;/h2,4-5,8-13,23,25,27,29H,3,6-7,14-20H2,1H3;2*1H/t23-,25?;;/m1../s1. The summed E-state index contributed by atoms with van der Waals surface area (Å²) < 4.78 is 5.98. The Morgan fingerprint density at radius 2 is 1.72 bits per heavy atom. The van der Waals surface area contributed by atoms with Gasteiger partial charge in [0.05, 0.1) is 5.60 Å². The molecule has 2 atom stereocenters. The van der Waals surface area contributed by atoms with E-state index in [1.807, 2.05) is 18.2 Å². The fraction of sp³-hybridized carbons (Fsp3) is 0.538. The number of likely N-dealkylation sites (N-methyl/N-ethyl adjacent to an activating group) is 1. The van der Waals surface area contributed by atoms with Crippen molar-refractivity contribution in [3.63, 3.8) is 0 Å². The van der Waals surface area contributed by atoms with Gasteiger partial charge in [-0.3, -0.25) is 0 Å². The fourth-order valence-electron chi connectivity index (χ4n) is 5.13. The van der Waals surface area contributed by atoms with E-state index in [4.69, 9.17) is 4.74 Å². The Balaban J connectivity index is 0.00000181. The summed E-state index contributed by atoms with van der Waals surface area (Å²) in [5.41, 5.74) is 1.81. The molecular formula is C26H38Cl2N2O2. The molecule has 0 radical (unpaired) electrons. The number of ether oxygens (including phenoxy) is 1. The average Bonchev–Trinajstić information content (AvgIpc) is 3.26. The number of aliphatic hydroxyl groups is 1. The Hall–Kier alpha value is -1.30. The highest BCUT2D eigenvalue weighted by Crippen LogP contribution is 2.41. The number of hydrogen-bond acceptors (Lipinski definition) is 4. The molecule has 0 aromatic heterocycles. The van der Waals surface area contributed by atoms with Crippen LogP contribution in [0.25, 0.3) is 0 Å². The van der Waals surface area contributed by atoms with Crippen LogP contribution in [0.15, 0.2) is 54.6 Å². The average molecular weight is 482 g/mol. The smallest absolute Gasteiger partial charge is 0.119 e. The van der Waals surface area contributed by atoms with E-state index in [1.54, 1.807) is 0 Å². The summed E-state index contributed by atoms with van der Waals surface area (Å²) in [7, 11) is 2.05. The molecule has 1 aliphatic heterocycles. The van der Waals surface area contributed by atoms with Gasteiger partial charge >= 0.3 is 0 Å². The quantitative estimate of drug-likeness (QED) is 0.545. The van der Waals surface area contributed by atoms with Crippen LogP contribution in [0.2, 0.25) is 0 Å². The molecular weight excluding hydrogens is 443 g/mol. The largest absolute Gasteiger partial charge is 0.489 e. The van der Waals surface area contributed by atoms with Gasteiger partial charge in [-0.1, -0.05) is 61.7 Å². The Morgan fingerprint density at radius 1 is 1.03 bits per heavy atom. The topological polar surface area (TPSA) is 44.7 Å². The van der Waals surface area contributed by atoms with E-state index in [0.717, 1.165) is 51.1 Å². The van der Waals surface area contributed by atoms with Crippen molar-refractivity contribution in [3.05, 3.63) is 65.7 Å². The molecule has 2 aromatic rings. The molecule has 0 amide bonds. The summed E-state index contributed by atoms with van der Waals surface area (Å²) in [5.74, 6) is 1.03. The van der Waals surface area contributed by atoms with Gasteiger partial charge in [-0.2, -0.15) is 0 Å². The van der Waals surface area contributed by atoms with Gasteiger partial charge in [0.15, 0.2) is 0 Å². The molecule has 0 bridgehead atoms. The van der Waals surface area contributed by atoms with Crippen LogP contribution in [0, 0.1) is 0 Å². The first-order valence-electron chi connectivity index (χ1n) is 11.5. The van der Waals surface area contributed by atoms with Gasteiger partial charge in [-0.15, -0.1) is 24.8 Å². The van der Waals surface area contributed by atoms with Gasteiger partial charge in [0, 0.05) is 25.0 Å². The summed E-state index contributed by atoms with van der Waals surface area (Å²) in [5, 5.41) is 15.0. The second-order valence-electron chi connectivity index (χ2n) is 9.09. The van der Waals surface area contributed by atoms with Crippen molar-refractivity contribution in [1.82, 2.24) is 10.2 Å². The molecule has 1 saturated heterocycles.